The average molecular weight is 216 g/mol. The Kier molecular flexibility index (Phi) is 2.72. The number of amides is 1. The minimum absolute atomic E-state index is 0.267. The van der Waals surface area contributed by atoms with Crippen LogP contribution in [0.5, 0.6) is 0 Å². The van der Waals surface area contributed by atoms with Crippen molar-refractivity contribution in [1.29, 1.82) is 0 Å². The van der Waals surface area contributed by atoms with Crippen LogP contribution in [0.1, 0.15) is 21.6 Å². The van der Waals surface area contributed by atoms with Gasteiger partial charge in [0.2, 0.25) is 0 Å². The number of anilines is 1. The molecule has 0 saturated heterocycles. The first kappa shape index (κ1) is 10.4. The first-order chi connectivity index (χ1) is 7.66. The standard InChI is InChI=1S/C12H12N2O2/c1-8-3-4-10(5-9(8)2)14-12(15)11-6-16-7-13-11/h3-7H,1-2H3,(H,14,15). The molecular weight excluding hydrogens is 204 g/mol. The summed E-state index contributed by atoms with van der Waals surface area (Å²) < 4.78 is 4.74. The van der Waals surface area contributed by atoms with Crippen molar-refractivity contribution in [3.8, 4) is 0 Å². The van der Waals surface area contributed by atoms with Crippen LogP contribution in [-0.4, -0.2) is 10.9 Å². The number of benzene rings is 1. The minimum Gasteiger partial charge on any atom is -0.451 e. The molecular formula is C12H12N2O2. The maximum Gasteiger partial charge on any atom is 0.277 e. The fourth-order valence-corrected chi connectivity index (χ4v) is 1.34. The second-order valence-corrected chi connectivity index (χ2v) is 3.63. The molecule has 0 spiro atoms. The lowest BCUT2D eigenvalue weighted by molar-refractivity contribution is 0.102. The van der Waals surface area contributed by atoms with Crippen LogP contribution in [0, 0.1) is 13.8 Å². The number of nitrogens with zero attached hydrogens (tertiary/aromatic N) is 1. The summed E-state index contributed by atoms with van der Waals surface area (Å²) >= 11 is 0. The van der Waals surface area contributed by atoms with Crippen molar-refractivity contribution in [3.05, 3.63) is 47.7 Å². The number of hydrogen-bond acceptors (Lipinski definition) is 3. The Morgan fingerprint density at radius 2 is 2.12 bits per heavy atom. The summed E-state index contributed by atoms with van der Waals surface area (Å²) in [5, 5.41) is 2.75. The lowest BCUT2D eigenvalue weighted by Gasteiger charge is -2.05. The molecule has 1 aromatic heterocycles. The smallest absolute Gasteiger partial charge is 0.277 e. The number of carbonyl (C=O) groups is 1. The van der Waals surface area contributed by atoms with Crippen molar-refractivity contribution in [2.75, 3.05) is 5.32 Å². The van der Waals surface area contributed by atoms with Gasteiger partial charge in [0.05, 0.1) is 0 Å². The van der Waals surface area contributed by atoms with Crippen molar-refractivity contribution in [2.45, 2.75) is 13.8 Å². The molecule has 4 nitrogen and oxygen atoms in total. The zero-order valence-electron chi connectivity index (χ0n) is 9.15. The van der Waals surface area contributed by atoms with Gasteiger partial charge in [-0.05, 0) is 37.1 Å². The Hall–Kier alpha value is -2.10. The van der Waals surface area contributed by atoms with Gasteiger partial charge in [0.15, 0.2) is 12.1 Å². The molecule has 1 N–H and O–H groups in total. The van der Waals surface area contributed by atoms with Crippen LogP contribution in [-0.2, 0) is 0 Å². The third-order valence-corrected chi connectivity index (χ3v) is 2.43. The van der Waals surface area contributed by atoms with Crippen LogP contribution >= 0.6 is 0 Å². The fourth-order valence-electron chi connectivity index (χ4n) is 1.34. The Morgan fingerprint density at radius 1 is 1.31 bits per heavy atom. The molecule has 0 aliphatic heterocycles. The predicted molar refractivity (Wildman–Crippen MR) is 60.4 cm³/mol. The van der Waals surface area contributed by atoms with Crippen molar-refractivity contribution >= 4 is 11.6 Å². The van der Waals surface area contributed by atoms with Gasteiger partial charge in [-0.2, -0.15) is 0 Å². The molecule has 4 heteroatoms. The lowest BCUT2D eigenvalue weighted by Crippen LogP contribution is -2.12. The number of aryl methyl sites for hydroxylation is 2. The van der Waals surface area contributed by atoms with Crippen LogP contribution in [0.2, 0.25) is 0 Å². The summed E-state index contributed by atoms with van der Waals surface area (Å²) in [4.78, 5) is 15.4. The SMILES string of the molecule is Cc1ccc(NC(=O)c2cocn2)cc1C. The van der Waals surface area contributed by atoms with Gasteiger partial charge in [0.25, 0.3) is 5.91 Å². The molecule has 1 aromatic carbocycles. The van der Waals surface area contributed by atoms with E-state index in [9.17, 15) is 4.79 Å². The van der Waals surface area contributed by atoms with Gasteiger partial charge in [-0.3, -0.25) is 4.79 Å². The number of oxazole rings is 1. The van der Waals surface area contributed by atoms with Crippen molar-refractivity contribution < 1.29 is 9.21 Å². The molecule has 0 atom stereocenters. The van der Waals surface area contributed by atoms with Gasteiger partial charge in [0, 0.05) is 5.69 Å². The molecule has 1 amide bonds. The predicted octanol–water partition coefficient (Wildman–Crippen LogP) is 2.54. The van der Waals surface area contributed by atoms with Gasteiger partial charge in [0.1, 0.15) is 6.26 Å². The summed E-state index contributed by atoms with van der Waals surface area (Å²) in [6.07, 6.45) is 2.55. The van der Waals surface area contributed by atoms with Gasteiger partial charge in [-0.1, -0.05) is 6.07 Å². The van der Waals surface area contributed by atoms with E-state index in [4.69, 9.17) is 4.42 Å². The molecule has 0 aliphatic carbocycles. The topological polar surface area (TPSA) is 55.1 Å². The van der Waals surface area contributed by atoms with E-state index in [2.05, 4.69) is 10.3 Å². The highest BCUT2D eigenvalue weighted by Gasteiger charge is 2.08. The van der Waals surface area contributed by atoms with E-state index < -0.39 is 0 Å². The van der Waals surface area contributed by atoms with Crippen LogP contribution in [0.15, 0.2) is 35.3 Å². The third kappa shape index (κ3) is 2.11. The van der Waals surface area contributed by atoms with Crippen molar-refractivity contribution in [3.63, 3.8) is 0 Å². The zero-order valence-corrected chi connectivity index (χ0v) is 9.15. The molecule has 0 bridgehead atoms. The van der Waals surface area contributed by atoms with E-state index >= 15 is 0 Å². The second-order valence-electron chi connectivity index (χ2n) is 3.63. The van der Waals surface area contributed by atoms with Gasteiger partial charge in [-0.25, -0.2) is 4.98 Å². The maximum atomic E-state index is 11.6. The Bertz CT molecular complexity index is 504. The van der Waals surface area contributed by atoms with Crippen molar-refractivity contribution in [2.24, 2.45) is 0 Å². The van der Waals surface area contributed by atoms with Gasteiger partial charge in [-0.15, -0.1) is 0 Å². The average Bonchev–Trinajstić information content (AvgIpc) is 2.77. The molecule has 0 radical (unpaired) electrons. The normalized spacial score (nSPS) is 10.1. The first-order valence-electron chi connectivity index (χ1n) is 4.93. The summed E-state index contributed by atoms with van der Waals surface area (Å²) in [6, 6.07) is 5.75. The Labute approximate surface area is 93.3 Å². The molecule has 16 heavy (non-hydrogen) atoms. The fraction of sp³-hybridized carbons (Fsp3) is 0.167. The Morgan fingerprint density at radius 3 is 2.75 bits per heavy atom. The molecule has 0 aliphatic rings. The molecule has 0 unspecified atom stereocenters. The molecule has 2 rings (SSSR count). The monoisotopic (exact) mass is 216 g/mol. The number of carbonyl (C=O) groups excluding carboxylic acids is 1. The second kappa shape index (κ2) is 4.18. The van der Waals surface area contributed by atoms with E-state index in [1.165, 1.54) is 18.2 Å². The zero-order chi connectivity index (χ0) is 11.5. The highest BCUT2D eigenvalue weighted by molar-refractivity contribution is 6.02. The van der Waals surface area contributed by atoms with E-state index in [0.717, 1.165) is 11.3 Å². The van der Waals surface area contributed by atoms with Gasteiger partial charge >= 0.3 is 0 Å². The quantitative estimate of drug-likeness (QED) is 0.839. The van der Waals surface area contributed by atoms with Crippen LogP contribution in [0.3, 0.4) is 0 Å². The minimum atomic E-state index is -0.267. The largest absolute Gasteiger partial charge is 0.451 e. The maximum absolute atomic E-state index is 11.6. The molecule has 82 valence electrons. The highest BCUT2D eigenvalue weighted by atomic mass is 16.3. The van der Waals surface area contributed by atoms with E-state index in [1.807, 2.05) is 32.0 Å². The van der Waals surface area contributed by atoms with Crippen molar-refractivity contribution in [1.82, 2.24) is 4.98 Å². The van der Waals surface area contributed by atoms with Gasteiger partial charge < -0.3 is 9.73 Å². The Balaban J connectivity index is 2.15. The summed E-state index contributed by atoms with van der Waals surface area (Å²) in [7, 11) is 0. The summed E-state index contributed by atoms with van der Waals surface area (Å²) in [5.41, 5.74) is 3.37. The molecule has 0 saturated carbocycles. The highest BCUT2D eigenvalue weighted by Crippen LogP contribution is 2.14. The third-order valence-electron chi connectivity index (χ3n) is 2.43. The van der Waals surface area contributed by atoms with E-state index in [-0.39, 0.29) is 11.6 Å². The van der Waals surface area contributed by atoms with Crippen LogP contribution < -0.4 is 5.32 Å². The number of nitrogens with one attached hydrogen (secondary N) is 1. The number of rotatable bonds is 2. The summed E-state index contributed by atoms with van der Waals surface area (Å²) in [6.45, 7) is 4.03. The molecule has 1 heterocycles. The van der Waals surface area contributed by atoms with E-state index in [0.29, 0.717) is 0 Å². The van der Waals surface area contributed by atoms with Crippen LogP contribution in [0.4, 0.5) is 5.69 Å². The molecule has 2 aromatic rings. The number of hydrogen-bond donors (Lipinski definition) is 1. The van der Waals surface area contributed by atoms with E-state index in [1.54, 1.807) is 0 Å². The summed E-state index contributed by atoms with van der Waals surface area (Å²) in [5.74, 6) is -0.267. The number of aromatic nitrogens is 1. The lowest BCUT2D eigenvalue weighted by atomic mass is 10.1. The van der Waals surface area contributed by atoms with Crippen LogP contribution in [0.25, 0.3) is 0 Å². The molecule has 0 fully saturated rings. The first-order valence-corrected chi connectivity index (χ1v) is 4.93.